The summed E-state index contributed by atoms with van der Waals surface area (Å²) in [6, 6.07) is 8.84. The van der Waals surface area contributed by atoms with E-state index in [4.69, 9.17) is 40.8 Å². The number of rotatable bonds is 8. The summed E-state index contributed by atoms with van der Waals surface area (Å²) in [5.41, 5.74) is 6.64. The van der Waals surface area contributed by atoms with Crippen LogP contribution in [0.1, 0.15) is 27.0 Å². The van der Waals surface area contributed by atoms with E-state index in [2.05, 4.69) is 48.8 Å². The smallest absolute Gasteiger partial charge is 0.358 e. The molecule has 0 unspecified atom stereocenters. The Balaban J connectivity index is 1.71. The quantitative estimate of drug-likeness (QED) is 0.231. The average molecular weight is 596 g/mol. The number of hydrogen-bond donors (Lipinski definition) is 1. The molecule has 4 atom stereocenters. The van der Waals surface area contributed by atoms with Gasteiger partial charge >= 0.3 is 5.24 Å². The van der Waals surface area contributed by atoms with Crippen molar-refractivity contribution in [3.63, 3.8) is 0 Å². The van der Waals surface area contributed by atoms with Gasteiger partial charge in [-0.2, -0.15) is 8.42 Å². The second-order valence-electron chi connectivity index (χ2n) is 10.7. The topological polar surface area (TPSA) is 150 Å². The molecule has 15 heteroatoms. The number of anilines is 1. The molecule has 2 N–H and O–H groups in total. The van der Waals surface area contributed by atoms with Gasteiger partial charge in [0.15, 0.2) is 38.2 Å². The van der Waals surface area contributed by atoms with Gasteiger partial charge in [-0.05, 0) is 30.3 Å². The van der Waals surface area contributed by atoms with Gasteiger partial charge in [0.25, 0.3) is 10.1 Å². The number of thiocarbonyl (C=S) groups is 1. The zero-order chi connectivity index (χ0) is 28.6. The SMILES string of the molecule is CC(C)(C)[Si](C)(C)OC[C@H]1O[C@@H](n2cnc3c(N)ncnc32)[C@H](OS(C)(=O)=O)[C@@H]1OC(=S)Oc1ccccc1. The summed E-state index contributed by atoms with van der Waals surface area (Å²) in [5.74, 6) is 0.626. The molecule has 2 aromatic heterocycles. The first-order chi connectivity index (χ1) is 18.2. The van der Waals surface area contributed by atoms with Crippen LogP contribution in [0.25, 0.3) is 11.2 Å². The van der Waals surface area contributed by atoms with Gasteiger partial charge in [-0.1, -0.05) is 39.0 Å². The van der Waals surface area contributed by atoms with Crippen molar-refractivity contribution in [1.82, 2.24) is 19.5 Å². The number of ether oxygens (including phenoxy) is 3. The number of nitrogens with zero attached hydrogens (tertiary/aromatic N) is 4. The Morgan fingerprint density at radius 1 is 1.15 bits per heavy atom. The normalized spacial score (nSPS) is 22.2. The standard InChI is InChI=1S/C24H33N5O7S2Si/c1-24(2,3)39(5,6)32-12-16-18(35-23(37)33-15-10-8-7-9-11-15)19(36-38(4,30)31)22(34-16)29-14-28-17-20(25)26-13-27-21(17)29/h7-11,13-14,16,18-19,22H,12H2,1-6H3,(H2,25,26,27)/t16-,18-,19-,22-/m1/s1. The first-order valence-electron chi connectivity index (χ1n) is 12.2. The van der Waals surface area contributed by atoms with E-state index in [1.165, 1.54) is 17.2 Å². The molecule has 1 aromatic carbocycles. The average Bonchev–Trinajstić information content (AvgIpc) is 3.39. The zero-order valence-electron chi connectivity index (χ0n) is 22.6. The minimum Gasteiger partial charge on any atom is -0.447 e. The highest BCUT2D eigenvalue weighted by Crippen LogP contribution is 2.40. The van der Waals surface area contributed by atoms with E-state index in [-0.39, 0.29) is 22.7 Å². The number of nitrogen functional groups attached to an aromatic ring is 1. The highest BCUT2D eigenvalue weighted by molar-refractivity contribution is 7.86. The second kappa shape index (κ2) is 11.1. The van der Waals surface area contributed by atoms with Crippen LogP contribution in [0.2, 0.25) is 18.1 Å². The molecule has 12 nitrogen and oxygen atoms in total. The molecular weight excluding hydrogens is 563 g/mol. The van der Waals surface area contributed by atoms with Crippen LogP contribution in [0.4, 0.5) is 5.82 Å². The molecule has 0 saturated carbocycles. The lowest BCUT2D eigenvalue weighted by Crippen LogP contribution is -2.46. The van der Waals surface area contributed by atoms with Crippen molar-refractivity contribution >= 4 is 52.9 Å². The third kappa shape index (κ3) is 6.73. The van der Waals surface area contributed by atoms with Gasteiger partial charge in [-0.15, -0.1) is 0 Å². The predicted molar refractivity (Wildman–Crippen MR) is 151 cm³/mol. The van der Waals surface area contributed by atoms with Gasteiger partial charge in [0.2, 0.25) is 0 Å². The van der Waals surface area contributed by atoms with Crippen LogP contribution in [0.15, 0.2) is 43.0 Å². The summed E-state index contributed by atoms with van der Waals surface area (Å²) in [6.45, 7) is 10.7. The van der Waals surface area contributed by atoms with Crippen molar-refractivity contribution in [3.8, 4) is 5.75 Å². The fraction of sp³-hybridized carbons (Fsp3) is 0.500. The molecule has 3 heterocycles. The van der Waals surface area contributed by atoms with Crippen LogP contribution >= 0.6 is 12.2 Å². The van der Waals surface area contributed by atoms with Crippen molar-refractivity contribution < 1.29 is 31.2 Å². The number of aromatic nitrogens is 4. The molecule has 0 spiro atoms. The number of para-hydroxylation sites is 1. The minimum absolute atomic E-state index is 0.0786. The first-order valence-corrected chi connectivity index (χ1v) is 17.3. The Morgan fingerprint density at radius 2 is 1.85 bits per heavy atom. The fourth-order valence-corrected chi connectivity index (χ4v) is 5.63. The molecule has 0 bridgehead atoms. The number of hydrogen-bond acceptors (Lipinski definition) is 12. The number of fused-ring (bicyclic) bond motifs is 1. The van der Waals surface area contributed by atoms with E-state index in [9.17, 15) is 8.42 Å². The lowest BCUT2D eigenvalue weighted by atomic mass is 10.1. The number of nitrogens with two attached hydrogens (primary N) is 1. The van der Waals surface area contributed by atoms with Crippen LogP contribution in [0, 0.1) is 0 Å². The summed E-state index contributed by atoms with van der Waals surface area (Å²) in [7, 11) is -6.20. The third-order valence-corrected chi connectivity index (χ3v) is 12.1. The Morgan fingerprint density at radius 3 is 2.49 bits per heavy atom. The van der Waals surface area contributed by atoms with Crippen LogP contribution in [0.5, 0.6) is 5.75 Å². The van der Waals surface area contributed by atoms with E-state index < -0.39 is 43.0 Å². The first kappa shape index (κ1) is 29.3. The van der Waals surface area contributed by atoms with Crippen molar-refractivity contribution in [2.24, 2.45) is 0 Å². The third-order valence-electron chi connectivity index (χ3n) is 6.82. The van der Waals surface area contributed by atoms with Gasteiger partial charge in [0, 0.05) is 12.2 Å². The summed E-state index contributed by atoms with van der Waals surface area (Å²) < 4.78 is 56.4. The molecule has 1 fully saturated rings. The van der Waals surface area contributed by atoms with Crippen LogP contribution in [0.3, 0.4) is 0 Å². The van der Waals surface area contributed by atoms with Crippen molar-refractivity contribution in [2.75, 3.05) is 18.6 Å². The van der Waals surface area contributed by atoms with Crippen LogP contribution in [-0.2, 0) is 28.2 Å². The number of imidazole rings is 1. The Hall–Kier alpha value is -2.69. The van der Waals surface area contributed by atoms with E-state index in [0.29, 0.717) is 16.9 Å². The molecule has 0 amide bonds. The highest BCUT2D eigenvalue weighted by Gasteiger charge is 2.52. The van der Waals surface area contributed by atoms with Crippen molar-refractivity contribution in [3.05, 3.63) is 43.0 Å². The molecule has 0 aliphatic carbocycles. The Labute approximate surface area is 234 Å². The Kier molecular flexibility index (Phi) is 8.30. The maximum absolute atomic E-state index is 12.4. The van der Waals surface area contributed by atoms with Crippen molar-refractivity contribution in [2.45, 2.75) is 63.4 Å². The minimum atomic E-state index is -3.98. The van der Waals surface area contributed by atoms with E-state index in [0.717, 1.165) is 6.26 Å². The molecule has 3 aromatic rings. The maximum Gasteiger partial charge on any atom is 0.358 e. The molecule has 0 radical (unpaired) electrons. The monoisotopic (exact) mass is 595 g/mol. The predicted octanol–water partition coefficient (Wildman–Crippen LogP) is 3.42. The molecule has 212 valence electrons. The molecular formula is C24H33N5O7S2Si. The van der Waals surface area contributed by atoms with E-state index in [1.54, 1.807) is 24.3 Å². The van der Waals surface area contributed by atoms with Gasteiger partial charge in [-0.25, -0.2) is 15.0 Å². The molecule has 39 heavy (non-hydrogen) atoms. The van der Waals surface area contributed by atoms with Gasteiger partial charge < -0.3 is 24.4 Å². The molecule has 1 aliphatic heterocycles. The van der Waals surface area contributed by atoms with Crippen LogP contribution < -0.4 is 10.5 Å². The molecule has 1 aliphatic rings. The highest BCUT2D eigenvalue weighted by atomic mass is 32.2. The lowest BCUT2D eigenvalue weighted by molar-refractivity contribution is -0.0458. The molecule has 4 rings (SSSR count). The number of benzene rings is 1. The fourth-order valence-electron chi connectivity index (χ4n) is 3.80. The second-order valence-corrected chi connectivity index (χ2v) is 17.5. The summed E-state index contributed by atoms with van der Waals surface area (Å²) in [6.07, 6.45) is -0.369. The van der Waals surface area contributed by atoms with Gasteiger partial charge in [0.05, 0.1) is 19.2 Å². The summed E-state index contributed by atoms with van der Waals surface area (Å²) >= 11 is 5.38. The van der Waals surface area contributed by atoms with Crippen molar-refractivity contribution in [1.29, 1.82) is 0 Å². The zero-order valence-corrected chi connectivity index (χ0v) is 25.2. The Bertz CT molecular complexity index is 1430. The maximum atomic E-state index is 12.4. The lowest BCUT2D eigenvalue weighted by Gasteiger charge is -2.37. The van der Waals surface area contributed by atoms with Crippen LogP contribution in [-0.4, -0.2) is 72.7 Å². The summed E-state index contributed by atoms with van der Waals surface area (Å²) in [5, 5.41) is -0.304. The molecule has 1 saturated heterocycles. The van der Waals surface area contributed by atoms with E-state index >= 15 is 0 Å². The van der Waals surface area contributed by atoms with Gasteiger partial charge in [0.1, 0.15) is 23.7 Å². The largest absolute Gasteiger partial charge is 0.447 e. The summed E-state index contributed by atoms with van der Waals surface area (Å²) in [4.78, 5) is 12.5. The van der Waals surface area contributed by atoms with Gasteiger partial charge in [-0.3, -0.25) is 8.75 Å². The van der Waals surface area contributed by atoms with E-state index in [1.807, 2.05) is 6.07 Å².